The summed E-state index contributed by atoms with van der Waals surface area (Å²) in [5.41, 5.74) is -0.429. The summed E-state index contributed by atoms with van der Waals surface area (Å²) in [6, 6.07) is 6.78. The molecule has 1 N–H and O–H groups in total. The van der Waals surface area contributed by atoms with Gasteiger partial charge in [-0.15, -0.1) is 0 Å². The molecule has 2 aromatic rings. The molecule has 2 aromatic carbocycles. The van der Waals surface area contributed by atoms with Gasteiger partial charge in [0.05, 0.1) is 11.6 Å². The number of sulfonamides is 1. The van der Waals surface area contributed by atoms with Crippen LogP contribution in [-0.4, -0.2) is 31.7 Å². The number of benzene rings is 2. The molecule has 0 radical (unpaired) electrons. The molecule has 1 unspecified atom stereocenters. The van der Waals surface area contributed by atoms with Gasteiger partial charge in [0.25, 0.3) is 5.91 Å². The Labute approximate surface area is 178 Å². The number of carbonyl (C=O) groups is 1. The van der Waals surface area contributed by atoms with Crippen LogP contribution in [0.2, 0.25) is 0 Å². The third-order valence-corrected chi connectivity index (χ3v) is 7.13. The van der Waals surface area contributed by atoms with E-state index in [4.69, 9.17) is 0 Å². The lowest BCUT2D eigenvalue weighted by Crippen LogP contribution is -2.36. The fourth-order valence-corrected chi connectivity index (χ4v) is 5.02. The highest BCUT2D eigenvalue weighted by atomic mass is 32.2. The van der Waals surface area contributed by atoms with E-state index in [0.29, 0.717) is 31.5 Å². The van der Waals surface area contributed by atoms with Crippen LogP contribution in [0.4, 0.5) is 17.6 Å². The van der Waals surface area contributed by atoms with Crippen LogP contribution < -0.4 is 5.32 Å². The van der Waals surface area contributed by atoms with E-state index in [2.05, 4.69) is 5.32 Å². The van der Waals surface area contributed by atoms with E-state index in [1.807, 2.05) is 0 Å². The highest BCUT2D eigenvalue weighted by Crippen LogP contribution is 2.30. The average Bonchev–Trinajstić information content (AvgIpc) is 2.74. The second kappa shape index (κ2) is 8.96. The molecule has 31 heavy (non-hydrogen) atoms. The van der Waals surface area contributed by atoms with Gasteiger partial charge >= 0.3 is 6.18 Å². The summed E-state index contributed by atoms with van der Waals surface area (Å²) < 4.78 is 79.2. The van der Waals surface area contributed by atoms with Crippen molar-refractivity contribution in [2.75, 3.05) is 13.1 Å². The number of carbonyl (C=O) groups excluding carboxylic acids is 1. The van der Waals surface area contributed by atoms with E-state index >= 15 is 0 Å². The molecule has 0 spiro atoms. The molecule has 1 aliphatic rings. The molecule has 1 atom stereocenters. The molecule has 1 amide bonds. The molecule has 0 aromatic heterocycles. The van der Waals surface area contributed by atoms with Crippen molar-refractivity contribution in [2.45, 2.75) is 43.3 Å². The maximum Gasteiger partial charge on any atom is 0.416 e. The van der Waals surface area contributed by atoms with Gasteiger partial charge in [-0.3, -0.25) is 4.79 Å². The van der Waals surface area contributed by atoms with Crippen LogP contribution in [-0.2, 0) is 16.2 Å². The standard InChI is InChI=1S/C21H22F4N2O3S/c1-14(15-5-8-17(9-6-15)21(23,24)25)26-20(28)16-7-10-18(22)19(13-16)31(29,30)27-11-3-2-4-12-27/h5-10,13-14H,2-4,11-12H2,1H3,(H,26,28). The number of halogens is 4. The highest BCUT2D eigenvalue weighted by Gasteiger charge is 2.31. The maximum atomic E-state index is 14.3. The lowest BCUT2D eigenvalue weighted by atomic mass is 10.1. The molecule has 1 fully saturated rings. The first-order valence-corrected chi connectivity index (χ1v) is 11.2. The number of rotatable bonds is 5. The zero-order chi connectivity index (χ0) is 22.8. The van der Waals surface area contributed by atoms with E-state index in [1.54, 1.807) is 6.92 Å². The monoisotopic (exact) mass is 458 g/mol. The summed E-state index contributed by atoms with van der Waals surface area (Å²) in [5, 5.41) is 2.60. The van der Waals surface area contributed by atoms with Crippen LogP contribution in [0.1, 0.15) is 53.7 Å². The average molecular weight is 458 g/mol. The topological polar surface area (TPSA) is 66.5 Å². The van der Waals surface area contributed by atoms with E-state index in [1.165, 1.54) is 22.5 Å². The van der Waals surface area contributed by atoms with Crippen molar-refractivity contribution >= 4 is 15.9 Å². The Morgan fingerprint density at radius 1 is 1.03 bits per heavy atom. The number of nitrogens with one attached hydrogen (secondary N) is 1. The van der Waals surface area contributed by atoms with Gasteiger partial charge < -0.3 is 5.32 Å². The maximum absolute atomic E-state index is 14.3. The van der Waals surface area contributed by atoms with Crippen LogP contribution in [0, 0.1) is 5.82 Å². The van der Waals surface area contributed by atoms with Crippen LogP contribution in [0.15, 0.2) is 47.4 Å². The van der Waals surface area contributed by atoms with Gasteiger partial charge in [0.1, 0.15) is 10.7 Å². The zero-order valence-electron chi connectivity index (χ0n) is 16.7. The predicted octanol–water partition coefficient (Wildman–Crippen LogP) is 4.51. The summed E-state index contributed by atoms with van der Waals surface area (Å²) >= 11 is 0. The zero-order valence-corrected chi connectivity index (χ0v) is 17.6. The molecular formula is C21H22F4N2O3S. The van der Waals surface area contributed by atoms with Crippen molar-refractivity contribution in [1.29, 1.82) is 0 Å². The van der Waals surface area contributed by atoms with Gasteiger partial charge in [-0.05, 0) is 55.7 Å². The molecule has 5 nitrogen and oxygen atoms in total. The van der Waals surface area contributed by atoms with Gasteiger partial charge in [-0.2, -0.15) is 17.5 Å². The second-order valence-electron chi connectivity index (χ2n) is 7.42. The minimum Gasteiger partial charge on any atom is -0.346 e. The molecular weight excluding hydrogens is 436 g/mol. The van der Waals surface area contributed by atoms with Crippen molar-refractivity contribution < 1.29 is 30.8 Å². The fraction of sp³-hybridized carbons (Fsp3) is 0.381. The highest BCUT2D eigenvalue weighted by molar-refractivity contribution is 7.89. The first kappa shape index (κ1) is 23.2. The minimum absolute atomic E-state index is 0.0595. The number of amides is 1. The van der Waals surface area contributed by atoms with Gasteiger partial charge in [0, 0.05) is 18.7 Å². The Morgan fingerprint density at radius 2 is 1.65 bits per heavy atom. The van der Waals surface area contributed by atoms with Crippen molar-refractivity contribution in [1.82, 2.24) is 9.62 Å². The summed E-state index contributed by atoms with van der Waals surface area (Å²) in [6.45, 7) is 2.17. The second-order valence-corrected chi connectivity index (χ2v) is 9.33. The Morgan fingerprint density at radius 3 is 2.23 bits per heavy atom. The van der Waals surface area contributed by atoms with Gasteiger partial charge in [-0.1, -0.05) is 18.6 Å². The number of alkyl halides is 3. The van der Waals surface area contributed by atoms with Crippen molar-refractivity contribution in [3.63, 3.8) is 0 Å². The third kappa shape index (κ3) is 5.24. The van der Waals surface area contributed by atoms with Crippen molar-refractivity contribution in [2.24, 2.45) is 0 Å². The van der Waals surface area contributed by atoms with Crippen LogP contribution in [0.25, 0.3) is 0 Å². The number of hydrogen-bond donors (Lipinski definition) is 1. The van der Waals surface area contributed by atoms with E-state index in [-0.39, 0.29) is 5.56 Å². The normalized spacial score (nSPS) is 16.7. The van der Waals surface area contributed by atoms with Gasteiger partial charge in [0.15, 0.2) is 0 Å². The van der Waals surface area contributed by atoms with Crippen LogP contribution in [0.3, 0.4) is 0 Å². The molecule has 0 saturated carbocycles. The summed E-state index contributed by atoms with van der Waals surface area (Å²) in [5.74, 6) is -1.61. The van der Waals surface area contributed by atoms with Crippen LogP contribution in [0.5, 0.6) is 0 Å². The van der Waals surface area contributed by atoms with Crippen molar-refractivity contribution in [3.8, 4) is 0 Å². The number of hydrogen-bond acceptors (Lipinski definition) is 3. The SMILES string of the molecule is CC(NC(=O)c1ccc(F)c(S(=O)(=O)N2CCCCC2)c1)c1ccc(C(F)(F)F)cc1. The molecule has 3 rings (SSSR count). The quantitative estimate of drug-likeness (QED) is 0.671. The van der Waals surface area contributed by atoms with E-state index in [0.717, 1.165) is 30.7 Å². The Balaban J connectivity index is 1.78. The number of nitrogens with zero attached hydrogens (tertiary/aromatic N) is 1. The number of piperidine rings is 1. The lowest BCUT2D eigenvalue weighted by molar-refractivity contribution is -0.137. The molecule has 10 heteroatoms. The largest absolute Gasteiger partial charge is 0.416 e. The smallest absolute Gasteiger partial charge is 0.346 e. The van der Waals surface area contributed by atoms with Gasteiger partial charge in [-0.25, -0.2) is 12.8 Å². The third-order valence-electron chi connectivity index (χ3n) is 5.21. The molecule has 1 aliphatic heterocycles. The van der Waals surface area contributed by atoms with Gasteiger partial charge in [0.2, 0.25) is 10.0 Å². The summed E-state index contributed by atoms with van der Waals surface area (Å²) in [7, 11) is -4.08. The molecule has 1 saturated heterocycles. The molecule has 1 heterocycles. The summed E-state index contributed by atoms with van der Waals surface area (Å²) in [6.07, 6.45) is -2.19. The molecule has 0 aliphatic carbocycles. The minimum atomic E-state index is -4.46. The Bertz CT molecular complexity index is 1050. The van der Waals surface area contributed by atoms with E-state index in [9.17, 15) is 30.8 Å². The predicted molar refractivity (Wildman–Crippen MR) is 106 cm³/mol. The van der Waals surface area contributed by atoms with Crippen LogP contribution >= 0.6 is 0 Å². The fourth-order valence-electron chi connectivity index (χ4n) is 3.41. The Kier molecular flexibility index (Phi) is 6.70. The molecule has 0 bridgehead atoms. The first-order valence-electron chi connectivity index (χ1n) is 9.78. The van der Waals surface area contributed by atoms with Crippen molar-refractivity contribution in [3.05, 3.63) is 65.0 Å². The first-order chi connectivity index (χ1) is 14.5. The Hall–Kier alpha value is -2.46. The molecule has 168 valence electrons. The summed E-state index contributed by atoms with van der Waals surface area (Å²) in [4.78, 5) is 12.0. The van der Waals surface area contributed by atoms with E-state index < -0.39 is 44.4 Å². The lowest BCUT2D eigenvalue weighted by Gasteiger charge is -2.26.